The molecule has 72 valence electrons. The van der Waals surface area contributed by atoms with Crippen LogP contribution in [-0.4, -0.2) is 20.4 Å². The van der Waals surface area contributed by atoms with E-state index in [2.05, 4.69) is 30.6 Å². The second kappa shape index (κ2) is 4.22. The Labute approximate surface area is 95.6 Å². The molecule has 0 saturated carbocycles. The first-order valence-corrected chi connectivity index (χ1v) is 5.53. The fourth-order valence-corrected chi connectivity index (χ4v) is 1.84. The lowest BCUT2D eigenvalue weighted by atomic mass is 11.2. The Morgan fingerprint density at radius 2 is 1.21 bits per heavy atom. The highest BCUT2D eigenvalue weighted by atomic mass is 35.5. The van der Waals surface area contributed by atoms with E-state index >= 15 is 0 Å². The average Bonchev–Trinajstić information content (AvgIpc) is 2.72. The van der Waals surface area contributed by atoms with Crippen molar-refractivity contribution < 1.29 is 0 Å². The Hall–Kier alpha value is -0.700. The van der Waals surface area contributed by atoms with Gasteiger partial charge in [-0.3, -0.25) is 0 Å². The predicted octanol–water partition coefficient (Wildman–Crippen LogP) is 3.11. The van der Waals surface area contributed by atoms with Crippen molar-refractivity contribution in [3.05, 3.63) is 8.93 Å². The summed E-state index contributed by atoms with van der Waals surface area (Å²) >= 11 is 13.3. The van der Waals surface area contributed by atoms with Gasteiger partial charge in [0.2, 0.25) is 8.93 Å². The van der Waals surface area contributed by atoms with E-state index in [0.717, 1.165) is 22.7 Å². The molecule has 0 saturated heterocycles. The minimum absolute atomic E-state index is 0.314. The van der Waals surface area contributed by atoms with Crippen LogP contribution in [0.3, 0.4) is 0 Å². The van der Waals surface area contributed by atoms with Crippen molar-refractivity contribution in [1.29, 1.82) is 0 Å². The molecule has 0 aliphatic rings. The lowest BCUT2D eigenvalue weighted by Crippen LogP contribution is -1.65. The topological polar surface area (TPSA) is 76.3 Å². The van der Waals surface area contributed by atoms with Gasteiger partial charge in [-0.25, -0.2) is 0 Å². The molecule has 0 bridgehead atoms. The molecule has 0 N–H and O–H groups in total. The van der Waals surface area contributed by atoms with Crippen molar-refractivity contribution in [2.24, 2.45) is 10.2 Å². The van der Waals surface area contributed by atoms with Crippen LogP contribution in [0.25, 0.3) is 0 Å². The van der Waals surface area contributed by atoms with Gasteiger partial charge in [0, 0.05) is 0 Å². The van der Waals surface area contributed by atoms with Crippen molar-refractivity contribution in [3.8, 4) is 0 Å². The number of halogens is 2. The maximum Gasteiger partial charge on any atom is 0.252 e. The standard InChI is InChI=1S/C4Cl2N6S2/c5-1-7-9-3(13-1)11-12-4-10-8-2(6)14-4/b12-11+. The lowest BCUT2D eigenvalue weighted by molar-refractivity contribution is 1.03. The lowest BCUT2D eigenvalue weighted by Gasteiger charge is -1.76. The fourth-order valence-electron chi connectivity index (χ4n) is 0.563. The molecule has 6 nitrogen and oxygen atoms in total. The van der Waals surface area contributed by atoms with Gasteiger partial charge in [-0.2, -0.15) is 0 Å². The van der Waals surface area contributed by atoms with Crippen LogP contribution in [0.2, 0.25) is 8.93 Å². The first-order chi connectivity index (χ1) is 6.74. The Morgan fingerprint density at radius 1 is 0.786 bits per heavy atom. The number of hydrogen-bond donors (Lipinski definition) is 0. The molecule has 0 aromatic carbocycles. The van der Waals surface area contributed by atoms with Crippen molar-refractivity contribution in [2.75, 3.05) is 0 Å². The molecule has 0 spiro atoms. The molecule has 0 unspecified atom stereocenters. The molecule has 2 aromatic rings. The Kier molecular flexibility index (Phi) is 2.96. The first-order valence-electron chi connectivity index (χ1n) is 3.14. The van der Waals surface area contributed by atoms with Gasteiger partial charge in [0.25, 0.3) is 10.3 Å². The van der Waals surface area contributed by atoms with Crippen LogP contribution >= 0.6 is 45.9 Å². The molecule has 0 aliphatic carbocycles. The van der Waals surface area contributed by atoms with Gasteiger partial charge in [-0.1, -0.05) is 22.7 Å². The largest absolute Gasteiger partial charge is 0.252 e. The fraction of sp³-hybridized carbons (Fsp3) is 0. The van der Waals surface area contributed by atoms with E-state index in [9.17, 15) is 0 Å². The van der Waals surface area contributed by atoms with E-state index in [0.29, 0.717) is 19.2 Å². The highest BCUT2D eigenvalue weighted by molar-refractivity contribution is 7.19. The summed E-state index contributed by atoms with van der Waals surface area (Å²) in [6.45, 7) is 0. The van der Waals surface area contributed by atoms with Crippen LogP contribution in [0.5, 0.6) is 0 Å². The van der Waals surface area contributed by atoms with E-state index < -0.39 is 0 Å². The average molecular weight is 267 g/mol. The summed E-state index contributed by atoms with van der Waals surface area (Å²) in [5.41, 5.74) is 0. The molecular formula is C4Cl2N6S2. The van der Waals surface area contributed by atoms with Crippen LogP contribution < -0.4 is 0 Å². The molecule has 0 atom stereocenters. The summed E-state index contributed by atoms with van der Waals surface area (Å²) in [5, 5.41) is 22.6. The molecule has 0 radical (unpaired) electrons. The normalized spacial score (nSPS) is 11.3. The SMILES string of the molecule is Clc1nnc(/N=N/c2nnc(Cl)s2)s1. The van der Waals surface area contributed by atoms with Crippen LogP contribution in [-0.2, 0) is 0 Å². The molecule has 2 aromatic heterocycles. The predicted molar refractivity (Wildman–Crippen MR) is 54.0 cm³/mol. The van der Waals surface area contributed by atoms with Gasteiger partial charge in [0.1, 0.15) is 0 Å². The van der Waals surface area contributed by atoms with Crippen LogP contribution in [0, 0.1) is 0 Å². The Balaban J connectivity index is 2.14. The molecule has 14 heavy (non-hydrogen) atoms. The van der Waals surface area contributed by atoms with Crippen LogP contribution in [0.15, 0.2) is 10.2 Å². The zero-order valence-corrected chi connectivity index (χ0v) is 9.40. The van der Waals surface area contributed by atoms with Gasteiger partial charge < -0.3 is 0 Å². The quantitative estimate of drug-likeness (QED) is 0.783. The van der Waals surface area contributed by atoms with Gasteiger partial charge in [0.15, 0.2) is 0 Å². The van der Waals surface area contributed by atoms with E-state index in [1.54, 1.807) is 0 Å². The van der Waals surface area contributed by atoms with Gasteiger partial charge >= 0.3 is 0 Å². The molecule has 0 fully saturated rings. The molecule has 2 heterocycles. The summed E-state index contributed by atoms with van der Waals surface area (Å²) in [7, 11) is 0. The van der Waals surface area contributed by atoms with E-state index in [1.807, 2.05) is 0 Å². The minimum Gasteiger partial charge on any atom is -0.124 e. The first kappa shape index (κ1) is 9.84. The zero-order chi connectivity index (χ0) is 9.97. The summed E-state index contributed by atoms with van der Waals surface area (Å²) < 4.78 is 0.628. The van der Waals surface area contributed by atoms with Crippen molar-refractivity contribution >= 4 is 56.1 Å². The molecular weight excluding hydrogens is 267 g/mol. The van der Waals surface area contributed by atoms with Gasteiger partial charge in [-0.05, 0) is 23.2 Å². The minimum atomic E-state index is 0.314. The number of azo groups is 1. The van der Waals surface area contributed by atoms with Crippen LogP contribution in [0.1, 0.15) is 0 Å². The van der Waals surface area contributed by atoms with Gasteiger partial charge in [-0.15, -0.1) is 30.6 Å². The third kappa shape index (κ3) is 2.41. The number of nitrogens with zero attached hydrogens (tertiary/aromatic N) is 6. The summed E-state index contributed by atoms with van der Waals surface area (Å²) in [6.07, 6.45) is 0. The van der Waals surface area contributed by atoms with Crippen LogP contribution in [0.4, 0.5) is 10.3 Å². The second-order valence-corrected chi connectivity index (χ2v) is 4.95. The number of hydrogen-bond acceptors (Lipinski definition) is 8. The summed E-state index contributed by atoms with van der Waals surface area (Å²) in [6, 6.07) is 0. The van der Waals surface area contributed by atoms with Gasteiger partial charge in [0.05, 0.1) is 0 Å². The highest BCUT2D eigenvalue weighted by Gasteiger charge is 2.01. The smallest absolute Gasteiger partial charge is 0.124 e. The van der Waals surface area contributed by atoms with Crippen molar-refractivity contribution in [3.63, 3.8) is 0 Å². The number of rotatable bonds is 2. The third-order valence-electron chi connectivity index (χ3n) is 1.00. The van der Waals surface area contributed by atoms with Crippen molar-refractivity contribution in [2.45, 2.75) is 0 Å². The second-order valence-electron chi connectivity index (χ2n) is 1.88. The monoisotopic (exact) mass is 266 g/mol. The van der Waals surface area contributed by atoms with E-state index in [-0.39, 0.29) is 0 Å². The van der Waals surface area contributed by atoms with Crippen molar-refractivity contribution in [1.82, 2.24) is 20.4 Å². The van der Waals surface area contributed by atoms with E-state index in [1.165, 1.54) is 0 Å². The maximum absolute atomic E-state index is 5.54. The maximum atomic E-state index is 5.54. The molecule has 2 rings (SSSR count). The van der Waals surface area contributed by atoms with E-state index in [4.69, 9.17) is 23.2 Å². The zero-order valence-electron chi connectivity index (χ0n) is 6.26. The molecule has 0 amide bonds. The summed E-state index contributed by atoms with van der Waals surface area (Å²) in [4.78, 5) is 0. The molecule has 10 heteroatoms. The number of aromatic nitrogens is 4. The third-order valence-corrected chi connectivity index (χ3v) is 2.81. The Morgan fingerprint density at radius 3 is 1.50 bits per heavy atom. The summed E-state index contributed by atoms with van der Waals surface area (Å²) in [5.74, 6) is 0. The highest BCUT2D eigenvalue weighted by Crippen LogP contribution is 2.27. The molecule has 0 aliphatic heterocycles. The Bertz CT molecular complexity index is 422.